The van der Waals surface area contributed by atoms with E-state index in [1.807, 2.05) is 0 Å². The predicted molar refractivity (Wildman–Crippen MR) is 89.1 cm³/mol. The van der Waals surface area contributed by atoms with Crippen molar-refractivity contribution in [2.75, 3.05) is 18.4 Å². The molecular formula is C18H19F3N2O4. The van der Waals surface area contributed by atoms with Gasteiger partial charge in [-0.2, -0.15) is 13.2 Å². The van der Waals surface area contributed by atoms with Gasteiger partial charge in [-0.1, -0.05) is 0 Å². The summed E-state index contributed by atoms with van der Waals surface area (Å²) in [6.07, 6.45) is -3.03. The van der Waals surface area contributed by atoms with Gasteiger partial charge < -0.3 is 15.3 Å². The number of carbonyl (C=O) groups is 3. The minimum atomic E-state index is -4.65. The molecule has 0 bridgehead atoms. The molecular weight excluding hydrogens is 365 g/mol. The first kappa shape index (κ1) is 19.2. The number of carboxylic acids is 1. The number of benzene rings is 1. The quantitative estimate of drug-likeness (QED) is 0.839. The van der Waals surface area contributed by atoms with Crippen molar-refractivity contribution in [2.45, 2.75) is 32.4 Å². The summed E-state index contributed by atoms with van der Waals surface area (Å²) in [5.74, 6) is -2.33. The number of hydrogen-bond donors (Lipinski definition) is 2. The fraction of sp³-hybridized carbons (Fsp3) is 0.500. The van der Waals surface area contributed by atoms with Crippen LogP contribution in [-0.2, 0) is 15.8 Å². The standard InChI is InChI=1S/C18H19F3N2O4/c1-10(24)22-13-7-11(6-12(8-13)18(19,20)21)15(25)23-4-2-17(3-5-23)9-14(17)16(26)27/h6-8,14H,2-5,9H2,1H3,(H,22,24)(H,26,27). The van der Waals surface area contributed by atoms with Crippen LogP contribution in [0.2, 0.25) is 0 Å². The van der Waals surface area contributed by atoms with Gasteiger partial charge in [-0.05, 0) is 42.9 Å². The lowest BCUT2D eigenvalue weighted by atomic mass is 9.90. The van der Waals surface area contributed by atoms with Crippen molar-refractivity contribution in [3.63, 3.8) is 0 Å². The van der Waals surface area contributed by atoms with Crippen molar-refractivity contribution in [3.05, 3.63) is 29.3 Å². The Morgan fingerprint density at radius 2 is 1.81 bits per heavy atom. The zero-order valence-corrected chi connectivity index (χ0v) is 14.6. The Hall–Kier alpha value is -2.58. The van der Waals surface area contributed by atoms with Crippen molar-refractivity contribution in [1.82, 2.24) is 4.90 Å². The highest BCUT2D eigenvalue weighted by molar-refractivity contribution is 5.97. The summed E-state index contributed by atoms with van der Waals surface area (Å²) in [5, 5.41) is 11.4. The van der Waals surface area contributed by atoms with Crippen LogP contribution in [0.5, 0.6) is 0 Å². The Morgan fingerprint density at radius 1 is 1.19 bits per heavy atom. The number of nitrogens with zero attached hydrogens (tertiary/aromatic N) is 1. The second kappa shape index (κ2) is 6.54. The molecule has 0 aromatic heterocycles. The number of alkyl halides is 3. The molecule has 0 radical (unpaired) electrons. The molecule has 146 valence electrons. The summed E-state index contributed by atoms with van der Waals surface area (Å²) >= 11 is 0. The SMILES string of the molecule is CC(=O)Nc1cc(C(=O)N2CCC3(CC2)CC3C(=O)O)cc(C(F)(F)F)c1. The molecule has 1 atom stereocenters. The van der Waals surface area contributed by atoms with E-state index in [4.69, 9.17) is 5.11 Å². The normalized spacial score (nSPS) is 21.0. The number of halogens is 3. The summed E-state index contributed by atoms with van der Waals surface area (Å²) in [6, 6.07) is 2.78. The van der Waals surface area contributed by atoms with E-state index in [1.54, 1.807) is 0 Å². The van der Waals surface area contributed by atoms with Crippen molar-refractivity contribution in [3.8, 4) is 0 Å². The third-order valence-electron chi connectivity index (χ3n) is 5.36. The van der Waals surface area contributed by atoms with E-state index in [-0.39, 0.29) is 16.7 Å². The summed E-state index contributed by atoms with van der Waals surface area (Å²) in [4.78, 5) is 36.4. The molecule has 1 aliphatic heterocycles. The van der Waals surface area contributed by atoms with Gasteiger partial charge in [0.2, 0.25) is 5.91 Å². The molecule has 9 heteroatoms. The molecule has 2 N–H and O–H groups in total. The highest BCUT2D eigenvalue weighted by atomic mass is 19.4. The van der Waals surface area contributed by atoms with Crippen LogP contribution in [0.3, 0.4) is 0 Å². The third-order valence-corrected chi connectivity index (χ3v) is 5.36. The first-order valence-corrected chi connectivity index (χ1v) is 8.54. The molecule has 1 spiro atoms. The Morgan fingerprint density at radius 3 is 2.30 bits per heavy atom. The van der Waals surface area contributed by atoms with E-state index in [2.05, 4.69) is 5.32 Å². The van der Waals surface area contributed by atoms with Crippen LogP contribution in [0, 0.1) is 11.3 Å². The van der Waals surface area contributed by atoms with Crippen LogP contribution < -0.4 is 5.32 Å². The van der Waals surface area contributed by atoms with E-state index in [9.17, 15) is 27.6 Å². The monoisotopic (exact) mass is 384 g/mol. The number of piperidine rings is 1. The number of hydrogen-bond acceptors (Lipinski definition) is 3. The van der Waals surface area contributed by atoms with E-state index in [0.29, 0.717) is 32.4 Å². The Labute approximate surface area is 153 Å². The lowest BCUT2D eigenvalue weighted by Crippen LogP contribution is -2.40. The molecule has 2 fully saturated rings. The topological polar surface area (TPSA) is 86.7 Å². The van der Waals surface area contributed by atoms with Crippen LogP contribution in [0.1, 0.15) is 42.1 Å². The molecule has 1 aliphatic carbocycles. The highest BCUT2D eigenvalue weighted by Gasteiger charge is 2.59. The molecule has 1 aromatic rings. The maximum absolute atomic E-state index is 13.1. The Balaban J connectivity index is 1.78. The number of carboxylic acid groups (broad SMARTS) is 1. The molecule has 2 aliphatic rings. The minimum Gasteiger partial charge on any atom is -0.481 e. The van der Waals surface area contributed by atoms with Crippen LogP contribution >= 0.6 is 0 Å². The van der Waals surface area contributed by atoms with Crippen LogP contribution in [-0.4, -0.2) is 40.9 Å². The van der Waals surface area contributed by atoms with Gasteiger partial charge in [-0.3, -0.25) is 14.4 Å². The first-order valence-electron chi connectivity index (χ1n) is 8.54. The Bertz CT molecular complexity index is 798. The number of rotatable bonds is 3. The fourth-order valence-electron chi connectivity index (χ4n) is 3.78. The molecule has 3 rings (SSSR count). The number of nitrogens with one attached hydrogen (secondary N) is 1. The number of anilines is 1. The number of carbonyl (C=O) groups excluding carboxylic acids is 2. The van der Waals surface area contributed by atoms with Gasteiger partial charge in [-0.15, -0.1) is 0 Å². The fourth-order valence-corrected chi connectivity index (χ4v) is 3.78. The highest BCUT2D eigenvalue weighted by Crippen LogP contribution is 2.59. The number of amides is 2. The summed E-state index contributed by atoms with van der Waals surface area (Å²) in [5.41, 5.74) is -1.55. The summed E-state index contributed by atoms with van der Waals surface area (Å²) in [7, 11) is 0. The van der Waals surface area contributed by atoms with Crippen LogP contribution in [0.15, 0.2) is 18.2 Å². The van der Waals surface area contributed by atoms with Crippen molar-refractivity contribution in [2.24, 2.45) is 11.3 Å². The van der Waals surface area contributed by atoms with Gasteiger partial charge in [0.25, 0.3) is 5.91 Å². The van der Waals surface area contributed by atoms with Crippen molar-refractivity contribution in [1.29, 1.82) is 0 Å². The second-order valence-electron chi connectivity index (χ2n) is 7.23. The average molecular weight is 384 g/mol. The molecule has 1 heterocycles. The second-order valence-corrected chi connectivity index (χ2v) is 7.23. The molecule has 2 amide bonds. The molecule has 1 saturated heterocycles. The van der Waals surface area contributed by atoms with E-state index in [1.165, 1.54) is 17.9 Å². The number of aliphatic carboxylic acids is 1. The van der Waals surface area contributed by atoms with Gasteiger partial charge in [0.15, 0.2) is 0 Å². The smallest absolute Gasteiger partial charge is 0.416 e. The zero-order valence-electron chi connectivity index (χ0n) is 14.6. The van der Waals surface area contributed by atoms with Gasteiger partial charge in [0.05, 0.1) is 11.5 Å². The predicted octanol–water partition coefficient (Wildman–Crippen LogP) is 2.99. The zero-order chi connectivity index (χ0) is 20.0. The largest absolute Gasteiger partial charge is 0.481 e. The maximum atomic E-state index is 13.1. The maximum Gasteiger partial charge on any atom is 0.416 e. The van der Waals surface area contributed by atoms with Gasteiger partial charge in [-0.25, -0.2) is 0 Å². The van der Waals surface area contributed by atoms with E-state index < -0.39 is 35.4 Å². The van der Waals surface area contributed by atoms with Gasteiger partial charge in [0.1, 0.15) is 0 Å². The van der Waals surface area contributed by atoms with E-state index >= 15 is 0 Å². The molecule has 1 aromatic carbocycles. The van der Waals surface area contributed by atoms with Crippen LogP contribution in [0.4, 0.5) is 18.9 Å². The molecule has 1 saturated carbocycles. The van der Waals surface area contributed by atoms with Gasteiger partial charge >= 0.3 is 12.1 Å². The molecule has 27 heavy (non-hydrogen) atoms. The average Bonchev–Trinajstić information content (AvgIpc) is 3.27. The van der Waals surface area contributed by atoms with Crippen molar-refractivity contribution >= 4 is 23.5 Å². The minimum absolute atomic E-state index is 0.0951. The lowest BCUT2D eigenvalue weighted by molar-refractivity contribution is -0.140. The molecule has 6 nitrogen and oxygen atoms in total. The van der Waals surface area contributed by atoms with E-state index in [0.717, 1.165) is 12.1 Å². The Kier molecular flexibility index (Phi) is 4.65. The summed E-state index contributed by atoms with van der Waals surface area (Å²) < 4.78 is 39.4. The first-order chi connectivity index (χ1) is 12.5. The number of likely N-dealkylation sites (tertiary alicyclic amines) is 1. The van der Waals surface area contributed by atoms with Crippen molar-refractivity contribution < 1.29 is 32.7 Å². The summed E-state index contributed by atoms with van der Waals surface area (Å²) in [6.45, 7) is 1.77. The third kappa shape index (κ3) is 3.91. The lowest BCUT2D eigenvalue weighted by Gasteiger charge is -2.33. The van der Waals surface area contributed by atoms with Crippen LogP contribution in [0.25, 0.3) is 0 Å². The van der Waals surface area contributed by atoms with Gasteiger partial charge in [0, 0.05) is 31.3 Å². The molecule has 1 unspecified atom stereocenters.